The Morgan fingerprint density at radius 2 is 1.73 bits per heavy atom. The van der Waals surface area contributed by atoms with Crippen LogP contribution in [0.25, 0.3) is 10.9 Å². The van der Waals surface area contributed by atoms with E-state index in [-0.39, 0.29) is 42.7 Å². The lowest BCUT2D eigenvalue weighted by molar-refractivity contribution is -0.133. The third kappa shape index (κ3) is 5.00. The molecule has 0 bridgehead atoms. The average molecular weight is 405 g/mol. The van der Waals surface area contributed by atoms with Crippen molar-refractivity contribution in [2.75, 3.05) is 0 Å². The number of benzene rings is 2. The molecule has 6 nitrogen and oxygen atoms in total. The van der Waals surface area contributed by atoms with Gasteiger partial charge in [0.15, 0.2) is 5.78 Å². The third-order valence-corrected chi connectivity index (χ3v) is 5.18. The molecular weight excluding hydrogens is 378 g/mol. The fourth-order valence-corrected chi connectivity index (χ4v) is 3.36. The number of nitrogens with one attached hydrogen (secondary N) is 1. The van der Waals surface area contributed by atoms with Gasteiger partial charge in [-0.3, -0.25) is 14.4 Å². The number of rotatable bonds is 8. The Hall–Kier alpha value is -3.28. The van der Waals surface area contributed by atoms with E-state index in [2.05, 4.69) is 16.9 Å². The molecule has 2 aromatic carbocycles. The molecule has 0 saturated heterocycles. The number of ketones is 1. The van der Waals surface area contributed by atoms with E-state index in [1.165, 1.54) is 5.56 Å². The summed E-state index contributed by atoms with van der Waals surface area (Å²) in [7, 11) is 0. The van der Waals surface area contributed by atoms with Crippen molar-refractivity contribution in [1.82, 2.24) is 14.9 Å². The molecule has 0 fully saturated rings. The van der Waals surface area contributed by atoms with Gasteiger partial charge >= 0.3 is 0 Å². The highest BCUT2D eigenvalue weighted by Crippen LogP contribution is 2.13. The number of fused-ring (bicyclic) bond motifs is 1. The summed E-state index contributed by atoms with van der Waals surface area (Å²) in [6.45, 7) is 6.06. The lowest BCUT2D eigenvalue weighted by Crippen LogP contribution is -2.37. The second kappa shape index (κ2) is 9.48. The van der Waals surface area contributed by atoms with Gasteiger partial charge in [-0.2, -0.15) is 0 Å². The molecule has 3 rings (SSSR count). The van der Waals surface area contributed by atoms with Crippen molar-refractivity contribution in [3.8, 4) is 0 Å². The van der Waals surface area contributed by atoms with Gasteiger partial charge in [-0.15, -0.1) is 0 Å². The molecule has 0 saturated carbocycles. The summed E-state index contributed by atoms with van der Waals surface area (Å²) in [5.41, 5.74) is 2.16. The van der Waals surface area contributed by atoms with Crippen LogP contribution < -0.4 is 5.56 Å². The van der Waals surface area contributed by atoms with Crippen molar-refractivity contribution in [2.24, 2.45) is 0 Å². The zero-order valence-corrected chi connectivity index (χ0v) is 17.6. The number of carbonyl (C=O) groups excluding carboxylic acids is 2. The maximum Gasteiger partial charge on any atom is 0.258 e. The summed E-state index contributed by atoms with van der Waals surface area (Å²) >= 11 is 0. The van der Waals surface area contributed by atoms with Crippen LogP contribution in [0.4, 0.5) is 0 Å². The van der Waals surface area contributed by atoms with Gasteiger partial charge in [-0.1, -0.05) is 43.3 Å². The van der Waals surface area contributed by atoms with Gasteiger partial charge in [0.05, 0.1) is 17.4 Å². The summed E-state index contributed by atoms with van der Waals surface area (Å²) in [5.74, 6) is 0.244. The second-order valence-electron chi connectivity index (χ2n) is 7.62. The van der Waals surface area contributed by atoms with Crippen LogP contribution in [0.5, 0.6) is 0 Å². The molecule has 3 aromatic rings. The molecule has 1 amide bonds. The minimum absolute atomic E-state index is 0.0491. The Morgan fingerprint density at radius 3 is 2.40 bits per heavy atom. The quantitative estimate of drug-likeness (QED) is 0.577. The van der Waals surface area contributed by atoms with Gasteiger partial charge in [-0.05, 0) is 38.0 Å². The van der Waals surface area contributed by atoms with Gasteiger partial charge in [0.1, 0.15) is 5.82 Å². The fourth-order valence-electron chi connectivity index (χ4n) is 3.36. The first-order chi connectivity index (χ1) is 14.4. The average Bonchev–Trinajstić information content (AvgIpc) is 2.75. The molecule has 1 heterocycles. The second-order valence-corrected chi connectivity index (χ2v) is 7.62. The van der Waals surface area contributed by atoms with Crippen molar-refractivity contribution in [3.05, 3.63) is 75.8 Å². The van der Waals surface area contributed by atoms with Gasteiger partial charge in [-0.25, -0.2) is 4.98 Å². The number of aromatic nitrogens is 2. The number of H-pyrrole nitrogens is 1. The first kappa shape index (κ1) is 21.4. The lowest BCUT2D eigenvalue weighted by Gasteiger charge is -2.26. The van der Waals surface area contributed by atoms with Crippen LogP contribution in [0, 0.1) is 0 Å². The molecule has 0 unspecified atom stereocenters. The zero-order chi connectivity index (χ0) is 21.7. The molecule has 6 heteroatoms. The van der Waals surface area contributed by atoms with E-state index in [0.29, 0.717) is 22.3 Å². The maximum absolute atomic E-state index is 12.8. The number of para-hydroxylation sites is 1. The first-order valence-corrected chi connectivity index (χ1v) is 10.3. The number of carbonyl (C=O) groups is 2. The Morgan fingerprint density at radius 1 is 1.03 bits per heavy atom. The van der Waals surface area contributed by atoms with E-state index in [9.17, 15) is 14.4 Å². The molecule has 0 aliphatic heterocycles. The SMILES string of the molecule is CCc1ccc(C(=O)CCC(=O)N(Cc2nc3ccccc3c(=O)[nH]2)C(C)C)cc1. The molecule has 0 aliphatic rings. The summed E-state index contributed by atoms with van der Waals surface area (Å²) in [4.78, 5) is 46.5. The minimum atomic E-state index is -0.225. The zero-order valence-electron chi connectivity index (χ0n) is 17.6. The molecule has 0 radical (unpaired) electrons. The molecule has 0 spiro atoms. The summed E-state index contributed by atoms with van der Waals surface area (Å²) in [5, 5.41) is 0.517. The van der Waals surface area contributed by atoms with Crippen molar-refractivity contribution in [2.45, 2.75) is 52.6 Å². The normalized spacial score (nSPS) is 11.1. The van der Waals surface area contributed by atoms with Gasteiger partial charge < -0.3 is 9.88 Å². The van der Waals surface area contributed by atoms with E-state index in [0.717, 1.165) is 6.42 Å². The number of hydrogen-bond donors (Lipinski definition) is 1. The topological polar surface area (TPSA) is 83.1 Å². The largest absolute Gasteiger partial charge is 0.333 e. The predicted molar refractivity (Wildman–Crippen MR) is 117 cm³/mol. The monoisotopic (exact) mass is 405 g/mol. The van der Waals surface area contributed by atoms with Crippen molar-refractivity contribution in [3.63, 3.8) is 0 Å². The van der Waals surface area contributed by atoms with Gasteiger partial charge in [0.25, 0.3) is 5.56 Å². The van der Waals surface area contributed by atoms with E-state index in [4.69, 9.17) is 0 Å². The number of Topliss-reactive ketones (excluding diaryl/α,β-unsaturated/α-hetero) is 1. The molecule has 1 aromatic heterocycles. The van der Waals surface area contributed by atoms with E-state index < -0.39 is 0 Å². The summed E-state index contributed by atoms with van der Waals surface area (Å²) < 4.78 is 0. The minimum Gasteiger partial charge on any atom is -0.333 e. The van der Waals surface area contributed by atoms with Gasteiger partial charge in [0.2, 0.25) is 5.91 Å². The highest BCUT2D eigenvalue weighted by Gasteiger charge is 2.20. The highest BCUT2D eigenvalue weighted by atomic mass is 16.2. The Labute approximate surface area is 176 Å². The number of aryl methyl sites for hydroxylation is 1. The molecular formula is C24H27N3O3. The third-order valence-electron chi connectivity index (χ3n) is 5.18. The lowest BCUT2D eigenvalue weighted by atomic mass is 10.0. The van der Waals surface area contributed by atoms with Crippen LogP contribution in [0.1, 0.15) is 55.4 Å². The Kier molecular flexibility index (Phi) is 6.77. The number of hydrogen-bond acceptors (Lipinski definition) is 4. The van der Waals surface area contributed by atoms with Crippen LogP contribution in [0.2, 0.25) is 0 Å². The fraction of sp³-hybridized carbons (Fsp3) is 0.333. The maximum atomic E-state index is 12.8. The molecule has 1 N–H and O–H groups in total. The molecule has 0 atom stereocenters. The van der Waals surface area contributed by atoms with Crippen LogP contribution in [0.3, 0.4) is 0 Å². The van der Waals surface area contributed by atoms with Gasteiger partial charge in [0, 0.05) is 24.4 Å². The summed E-state index contributed by atoms with van der Waals surface area (Å²) in [6, 6.07) is 14.5. The van der Waals surface area contributed by atoms with Crippen molar-refractivity contribution in [1.29, 1.82) is 0 Å². The molecule has 0 aliphatic carbocycles. The van der Waals surface area contributed by atoms with Crippen molar-refractivity contribution < 1.29 is 9.59 Å². The molecule has 156 valence electrons. The molecule has 30 heavy (non-hydrogen) atoms. The number of amides is 1. The van der Waals surface area contributed by atoms with Crippen LogP contribution in [-0.4, -0.2) is 32.6 Å². The smallest absolute Gasteiger partial charge is 0.258 e. The van der Waals surface area contributed by atoms with E-state index in [1.807, 2.05) is 44.2 Å². The number of nitrogens with zero attached hydrogens (tertiary/aromatic N) is 2. The van der Waals surface area contributed by atoms with Crippen LogP contribution >= 0.6 is 0 Å². The van der Waals surface area contributed by atoms with E-state index >= 15 is 0 Å². The Balaban J connectivity index is 1.69. The first-order valence-electron chi connectivity index (χ1n) is 10.3. The number of aromatic amines is 1. The Bertz CT molecular complexity index is 1100. The van der Waals surface area contributed by atoms with Crippen LogP contribution in [-0.2, 0) is 17.8 Å². The summed E-state index contributed by atoms with van der Waals surface area (Å²) in [6.07, 6.45) is 1.18. The van der Waals surface area contributed by atoms with Crippen LogP contribution in [0.15, 0.2) is 53.3 Å². The van der Waals surface area contributed by atoms with Crippen molar-refractivity contribution >= 4 is 22.6 Å². The highest BCUT2D eigenvalue weighted by molar-refractivity contribution is 5.98. The van der Waals surface area contributed by atoms with E-state index in [1.54, 1.807) is 23.1 Å². The standard InChI is InChI=1S/C24H27N3O3/c1-4-17-9-11-18(12-10-17)21(28)13-14-23(29)27(16(2)3)15-22-25-20-8-6-5-7-19(20)24(30)26-22/h5-12,16H,4,13-15H2,1-3H3,(H,25,26,30). The predicted octanol–water partition coefficient (Wildman–Crippen LogP) is 3.89.